The molecule has 1 rings (SSSR count). The summed E-state index contributed by atoms with van der Waals surface area (Å²) < 4.78 is 0. The van der Waals surface area contributed by atoms with Crippen molar-refractivity contribution >= 4 is 5.91 Å². The van der Waals surface area contributed by atoms with Gasteiger partial charge in [-0.25, -0.2) is 0 Å². The van der Waals surface area contributed by atoms with E-state index in [4.69, 9.17) is 0 Å². The predicted octanol–water partition coefficient (Wildman–Crippen LogP) is 2.02. The van der Waals surface area contributed by atoms with Crippen LogP contribution in [0.4, 0.5) is 0 Å². The molecule has 1 unspecified atom stereocenters. The Morgan fingerprint density at radius 2 is 2.25 bits per heavy atom. The van der Waals surface area contributed by atoms with Crippen LogP contribution in [0.15, 0.2) is 0 Å². The Balaban J connectivity index is 2.46. The zero-order chi connectivity index (χ0) is 12.0. The number of rotatable bonds is 5. The second-order valence-electron chi connectivity index (χ2n) is 4.89. The van der Waals surface area contributed by atoms with Crippen LogP contribution in [0, 0.1) is 5.92 Å². The van der Waals surface area contributed by atoms with Crippen molar-refractivity contribution in [3.05, 3.63) is 0 Å². The van der Waals surface area contributed by atoms with Gasteiger partial charge in [-0.1, -0.05) is 26.7 Å². The fourth-order valence-corrected chi connectivity index (χ4v) is 2.34. The van der Waals surface area contributed by atoms with Gasteiger partial charge in [0.25, 0.3) is 0 Å². The molecule has 0 bridgehead atoms. The predicted molar refractivity (Wildman–Crippen MR) is 67.4 cm³/mol. The van der Waals surface area contributed by atoms with Gasteiger partial charge in [0, 0.05) is 31.6 Å². The van der Waals surface area contributed by atoms with Gasteiger partial charge in [0.15, 0.2) is 0 Å². The minimum absolute atomic E-state index is 0.255. The summed E-state index contributed by atoms with van der Waals surface area (Å²) >= 11 is 0. The van der Waals surface area contributed by atoms with Crippen LogP contribution in [-0.4, -0.2) is 36.5 Å². The molecule has 16 heavy (non-hydrogen) atoms. The van der Waals surface area contributed by atoms with Crippen molar-refractivity contribution in [3.8, 4) is 0 Å². The number of piperazine rings is 1. The third-order valence-electron chi connectivity index (χ3n) is 3.43. The zero-order valence-corrected chi connectivity index (χ0v) is 11.0. The van der Waals surface area contributed by atoms with E-state index in [0.29, 0.717) is 11.9 Å². The Hall–Kier alpha value is -0.570. The monoisotopic (exact) mass is 226 g/mol. The molecule has 3 heteroatoms. The maximum atomic E-state index is 12.3. The molecule has 3 nitrogen and oxygen atoms in total. The molecule has 0 radical (unpaired) electrons. The SMILES string of the molecule is CCCCC(CC)C(=O)N1CCN[C@@H](C)C1. The lowest BCUT2D eigenvalue weighted by atomic mass is 9.97. The van der Waals surface area contributed by atoms with E-state index in [2.05, 4.69) is 26.1 Å². The van der Waals surface area contributed by atoms with Crippen LogP contribution in [0.3, 0.4) is 0 Å². The maximum absolute atomic E-state index is 12.3. The van der Waals surface area contributed by atoms with E-state index in [9.17, 15) is 4.79 Å². The van der Waals surface area contributed by atoms with Crippen molar-refractivity contribution in [3.63, 3.8) is 0 Å². The molecular formula is C13H26N2O. The van der Waals surface area contributed by atoms with Crippen molar-refractivity contribution in [2.24, 2.45) is 5.92 Å². The van der Waals surface area contributed by atoms with Crippen LogP contribution >= 0.6 is 0 Å². The average Bonchev–Trinajstić information content (AvgIpc) is 2.29. The largest absolute Gasteiger partial charge is 0.340 e. The van der Waals surface area contributed by atoms with Gasteiger partial charge in [-0.05, 0) is 19.8 Å². The topological polar surface area (TPSA) is 32.3 Å². The first-order chi connectivity index (χ1) is 7.69. The molecule has 1 aliphatic rings. The fourth-order valence-electron chi connectivity index (χ4n) is 2.34. The lowest BCUT2D eigenvalue weighted by Crippen LogP contribution is -2.52. The second-order valence-corrected chi connectivity index (χ2v) is 4.89. The number of carbonyl (C=O) groups excluding carboxylic acids is 1. The summed E-state index contributed by atoms with van der Waals surface area (Å²) in [6.07, 6.45) is 4.40. The summed E-state index contributed by atoms with van der Waals surface area (Å²) in [5, 5.41) is 3.37. The van der Waals surface area contributed by atoms with E-state index < -0.39 is 0 Å². The molecule has 0 saturated carbocycles. The second kappa shape index (κ2) is 6.89. The van der Waals surface area contributed by atoms with Gasteiger partial charge in [0.1, 0.15) is 0 Å². The van der Waals surface area contributed by atoms with Gasteiger partial charge in [0.2, 0.25) is 5.91 Å². The van der Waals surface area contributed by atoms with Gasteiger partial charge in [0.05, 0.1) is 0 Å². The highest BCUT2D eigenvalue weighted by molar-refractivity contribution is 5.79. The lowest BCUT2D eigenvalue weighted by Gasteiger charge is -2.34. The summed E-state index contributed by atoms with van der Waals surface area (Å²) in [6, 6.07) is 0.446. The molecule has 0 aliphatic carbocycles. The highest BCUT2D eigenvalue weighted by Crippen LogP contribution is 2.16. The number of hydrogen-bond donors (Lipinski definition) is 1. The van der Waals surface area contributed by atoms with Crippen LogP contribution < -0.4 is 5.32 Å². The summed E-state index contributed by atoms with van der Waals surface area (Å²) in [5.74, 6) is 0.634. The number of nitrogens with zero attached hydrogens (tertiary/aromatic N) is 1. The summed E-state index contributed by atoms with van der Waals surface area (Å²) in [5.41, 5.74) is 0. The van der Waals surface area contributed by atoms with E-state index in [-0.39, 0.29) is 5.92 Å². The highest BCUT2D eigenvalue weighted by atomic mass is 16.2. The smallest absolute Gasteiger partial charge is 0.225 e. The molecule has 0 aromatic heterocycles. The Labute approximate surface area is 99.6 Å². The lowest BCUT2D eigenvalue weighted by molar-refractivity contribution is -0.137. The van der Waals surface area contributed by atoms with Crippen molar-refractivity contribution in [2.75, 3.05) is 19.6 Å². The minimum Gasteiger partial charge on any atom is -0.340 e. The quantitative estimate of drug-likeness (QED) is 0.778. The van der Waals surface area contributed by atoms with E-state index >= 15 is 0 Å². The molecule has 1 aliphatic heterocycles. The first-order valence-corrected chi connectivity index (χ1v) is 6.71. The standard InChI is InChI=1S/C13H26N2O/c1-4-6-7-12(5-2)13(16)15-9-8-14-11(3)10-15/h11-12,14H,4-10H2,1-3H3/t11-,12?/m0/s1. The van der Waals surface area contributed by atoms with Gasteiger partial charge >= 0.3 is 0 Å². The van der Waals surface area contributed by atoms with Gasteiger partial charge < -0.3 is 10.2 Å². The van der Waals surface area contributed by atoms with Crippen molar-refractivity contribution < 1.29 is 4.79 Å². The molecule has 0 aromatic rings. The molecule has 1 amide bonds. The minimum atomic E-state index is 0.255. The zero-order valence-electron chi connectivity index (χ0n) is 11.0. The number of unbranched alkanes of at least 4 members (excludes halogenated alkanes) is 1. The summed E-state index contributed by atoms with van der Waals surface area (Å²) in [4.78, 5) is 14.3. The number of carbonyl (C=O) groups is 1. The van der Waals surface area contributed by atoms with Crippen molar-refractivity contribution in [1.82, 2.24) is 10.2 Å². The molecular weight excluding hydrogens is 200 g/mol. The molecule has 2 atom stereocenters. The van der Waals surface area contributed by atoms with Gasteiger partial charge in [-0.2, -0.15) is 0 Å². The van der Waals surface area contributed by atoms with Gasteiger partial charge in [-0.15, -0.1) is 0 Å². The van der Waals surface area contributed by atoms with Crippen molar-refractivity contribution in [2.45, 2.75) is 52.5 Å². The number of hydrogen-bond acceptors (Lipinski definition) is 2. The van der Waals surface area contributed by atoms with E-state index in [0.717, 1.165) is 32.5 Å². The van der Waals surface area contributed by atoms with Crippen LogP contribution in [0.25, 0.3) is 0 Å². The van der Waals surface area contributed by atoms with E-state index in [1.807, 2.05) is 4.90 Å². The van der Waals surface area contributed by atoms with Crippen LogP contribution in [0.5, 0.6) is 0 Å². The molecule has 1 heterocycles. The Morgan fingerprint density at radius 1 is 1.50 bits per heavy atom. The molecule has 0 aromatic carbocycles. The van der Waals surface area contributed by atoms with Gasteiger partial charge in [-0.3, -0.25) is 4.79 Å². The Kier molecular flexibility index (Phi) is 5.81. The number of nitrogens with one attached hydrogen (secondary N) is 1. The maximum Gasteiger partial charge on any atom is 0.225 e. The third-order valence-corrected chi connectivity index (χ3v) is 3.43. The number of amides is 1. The van der Waals surface area contributed by atoms with Crippen LogP contribution in [-0.2, 0) is 4.79 Å². The first kappa shape index (κ1) is 13.5. The fraction of sp³-hybridized carbons (Fsp3) is 0.923. The van der Waals surface area contributed by atoms with E-state index in [1.54, 1.807) is 0 Å². The Bertz CT molecular complexity index is 218. The molecule has 1 fully saturated rings. The summed E-state index contributed by atoms with van der Waals surface area (Å²) in [7, 11) is 0. The van der Waals surface area contributed by atoms with E-state index in [1.165, 1.54) is 12.8 Å². The molecule has 0 spiro atoms. The van der Waals surface area contributed by atoms with Crippen molar-refractivity contribution in [1.29, 1.82) is 0 Å². The normalized spacial score (nSPS) is 23.2. The Morgan fingerprint density at radius 3 is 2.81 bits per heavy atom. The molecule has 1 N–H and O–H groups in total. The third kappa shape index (κ3) is 3.78. The summed E-state index contributed by atoms with van der Waals surface area (Å²) in [6.45, 7) is 9.16. The van der Waals surface area contributed by atoms with Crippen LogP contribution in [0.1, 0.15) is 46.5 Å². The average molecular weight is 226 g/mol. The van der Waals surface area contributed by atoms with Crippen LogP contribution in [0.2, 0.25) is 0 Å². The first-order valence-electron chi connectivity index (χ1n) is 6.71. The molecule has 94 valence electrons. The molecule has 1 saturated heterocycles. The highest BCUT2D eigenvalue weighted by Gasteiger charge is 2.25.